The lowest BCUT2D eigenvalue weighted by atomic mass is 10.1. The zero-order valence-corrected chi connectivity index (χ0v) is 18.5. The Hall–Kier alpha value is -4.53. The van der Waals surface area contributed by atoms with Crippen LogP contribution in [0.2, 0.25) is 0 Å². The van der Waals surface area contributed by atoms with E-state index in [2.05, 4.69) is 25.1 Å². The molecule has 0 amide bonds. The molecule has 0 atom stereocenters. The molecule has 9 nitrogen and oxygen atoms in total. The summed E-state index contributed by atoms with van der Waals surface area (Å²) in [6, 6.07) is 14.4. The van der Waals surface area contributed by atoms with Crippen molar-refractivity contribution in [3.63, 3.8) is 0 Å². The van der Waals surface area contributed by atoms with Gasteiger partial charge in [-0.2, -0.15) is 4.98 Å². The first-order valence-corrected chi connectivity index (χ1v) is 10.7. The largest absolute Gasteiger partial charge is 0.478 e. The van der Waals surface area contributed by atoms with Crippen molar-refractivity contribution in [2.24, 2.45) is 0 Å². The van der Waals surface area contributed by atoms with Gasteiger partial charge in [0.2, 0.25) is 0 Å². The van der Waals surface area contributed by atoms with Crippen LogP contribution in [-0.2, 0) is 6.42 Å². The van der Waals surface area contributed by atoms with E-state index < -0.39 is 5.97 Å². The minimum absolute atomic E-state index is 0.103. The molecular formula is C25H21N5O4. The molecule has 3 N–H and O–H groups in total. The van der Waals surface area contributed by atoms with E-state index >= 15 is 0 Å². The van der Waals surface area contributed by atoms with Crippen LogP contribution in [0.25, 0.3) is 33.7 Å². The molecule has 170 valence electrons. The minimum atomic E-state index is -0.972. The third kappa shape index (κ3) is 4.11. The lowest BCUT2D eigenvalue weighted by Gasteiger charge is -2.01. The summed E-state index contributed by atoms with van der Waals surface area (Å²) in [6.45, 7) is 3.65. The number of benzene rings is 2. The zero-order chi connectivity index (χ0) is 23.8. The molecule has 0 saturated carbocycles. The van der Waals surface area contributed by atoms with Gasteiger partial charge in [0, 0.05) is 28.6 Å². The Balaban J connectivity index is 1.34. The number of H-pyrrole nitrogens is 2. The number of fused-ring (bicyclic) bond motifs is 1. The number of nitrogens with zero attached hydrogens (tertiary/aromatic N) is 3. The van der Waals surface area contributed by atoms with Gasteiger partial charge in [-0.1, -0.05) is 23.4 Å². The normalized spacial score (nSPS) is 11.2. The molecule has 3 heterocycles. The second-order valence-corrected chi connectivity index (χ2v) is 8.12. The number of Topliss-reactive ketones (excluding diaryl/α,β-unsaturated/α-hetero) is 1. The fraction of sp³-hybridized carbons (Fsp3) is 0.160. The highest BCUT2D eigenvalue weighted by atomic mass is 16.5. The van der Waals surface area contributed by atoms with Crippen LogP contribution in [0.1, 0.15) is 44.5 Å². The quantitative estimate of drug-likeness (QED) is 0.301. The predicted molar refractivity (Wildman–Crippen MR) is 125 cm³/mol. The number of hydrogen-bond acceptors (Lipinski definition) is 6. The molecular weight excluding hydrogens is 434 g/mol. The molecule has 5 aromatic rings. The summed E-state index contributed by atoms with van der Waals surface area (Å²) in [5.74, 6) is 0.229. The summed E-state index contributed by atoms with van der Waals surface area (Å²) in [5.41, 5.74) is 5.18. The summed E-state index contributed by atoms with van der Waals surface area (Å²) in [4.78, 5) is 38.9. The van der Waals surface area contributed by atoms with E-state index in [1.54, 1.807) is 31.2 Å². The smallest absolute Gasteiger partial charge is 0.335 e. The molecule has 0 unspecified atom stereocenters. The fourth-order valence-corrected chi connectivity index (χ4v) is 3.87. The van der Waals surface area contributed by atoms with Gasteiger partial charge in [-0.25, -0.2) is 9.78 Å². The summed E-state index contributed by atoms with van der Waals surface area (Å²) >= 11 is 0. The van der Waals surface area contributed by atoms with Crippen LogP contribution in [0.15, 0.2) is 53.1 Å². The van der Waals surface area contributed by atoms with Crippen molar-refractivity contribution in [2.45, 2.75) is 26.7 Å². The molecule has 0 saturated heterocycles. The molecule has 0 spiro atoms. The molecule has 2 aromatic carbocycles. The second kappa shape index (κ2) is 8.43. The summed E-state index contributed by atoms with van der Waals surface area (Å²) < 4.78 is 5.24. The van der Waals surface area contributed by atoms with Crippen molar-refractivity contribution in [1.29, 1.82) is 0 Å². The molecule has 0 aliphatic heterocycles. The van der Waals surface area contributed by atoms with Gasteiger partial charge >= 0.3 is 5.97 Å². The van der Waals surface area contributed by atoms with Gasteiger partial charge in [-0.15, -0.1) is 0 Å². The maximum atomic E-state index is 12.7. The summed E-state index contributed by atoms with van der Waals surface area (Å²) in [5, 5.41) is 13.8. The van der Waals surface area contributed by atoms with E-state index in [0.717, 1.165) is 33.4 Å². The van der Waals surface area contributed by atoms with Crippen LogP contribution < -0.4 is 0 Å². The third-order valence-electron chi connectivity index (χ3n) is 5.64. The number of hydrogen-bond donors (Lipinski definition) is 3. The first kappa shape index (κ1) is 21.3. The topological polar surface area (TPSA) is 138 Å². The standard InChI is InChI=1S/C25H21N5O4/c1-13-22(17-8-9-19-18(11-17)12-20(28-19)24-27-14(2)30-34-24)29-23(26-13)21(31)10-5-15-3-6-16(7-4-15)25(32)33/h3-4,6-9,11-12,28H,5,10H2,1-2H3,(H,26,29)(H,32,33). The predicted octanol–water partition coefficient (Wildman–Crippen LogP) is 4.74. The van der Waals surface area contributed by atoms with Crippen LogP contribution in [0.4, 0.5) is 0 Å². The molecule has 3 aromatic heterocycles. The highest BCUT2D eigenvalue weighted by molar-refractivity contribution is 5.94. The number of carboxylic acid groups (broad SMARTS) is 1. The summed E-state index contributed by atoms with van der Waals surface area (Å²) in [7, 11) is 0. The number of carbonyl (C=O) groups excluding carboxylic acids is 1. The van der Waals surface area contributed by atoms with E-state index in [0.29, 0.717) is 29.7 Å². The highest BCUT2D eigenvalue weighted by Crippen LogP contribution is 2.29. The van der Waals surface area contributed by atoms with Gasteiger partial charge in [0.15, 0.2) is 17.4 Å². The van der Waals surface area contributed by atoms with Crippen molar-refractivity contribution >= 4 is 22.7 Å². The van der Waals surface area contributed by atoms with Gasteiger partial charge in [-0.05, 0) is 56.2 Å². The Labute approximate surface area is 193 Å². The number of rotatable bonds is 7. The number of aromatic carboxylic acids is 1. The zero-order valence-electron chi connectivity index (χ0n) is 18.5. The Kier molecular flexibility index (Phi) is 5.29. The molecule has 34 heavy (non-hydrogen) atoms. The summed E-state index contributed by atoms with van der Waals surface area (Å²) in [6.07, 6.45) is 0.768. The van der Waals surface area contributed by atoms with Crippen molar-refractivity contribution in [3.8, 4) is 22.8 Å². The van der Waals surface area contributed by atoms with Crippen molar-refractivity contribution < 1.29 is 19.2 Å². The Morgan fingerprint density at radius 1 is 1.00 bits per heavy atom. The molecule has 0 aliphatic rings. The van der Waals surface area contributed by atoms with E-state index in [1.807, 2.05) is 31.2 Å². The van der Waals surface area contributed by atoms with Crippen molar-refractivity contribution in [2.75, 3.05) is 0 Å². The van der Waals surface area contributed by atoms with Gasteiger partial charge < -0.3 is 19.6 Å². The van der Waals surface area contributed by atoms with Crippen LogP contribution >= 0.6 is 0 Å². The second-order valence-electron chi connectivity index (χ2n) is 8.12. The number of aryl methyl sites for hydroxylation is 3. The lowest BCUT2D eigenvalue weighted by Crippen LogP contribution is -2.04. The average Bonchev–Trinajstić information content (AvgIpc) is 3.55. The van der Waals surface area contributed by atoms with E-state index in [9.17, 15) is 9.59 Å². The molecule has 0 fully saturated rings. The Bertz CT molecular complexity index is 1520. The third-order valence-corrected chi connectivity index (χ3v) is 5.64. The minimum Gasteiger partial charge on any atom is -0.478 e. The molecule has 5 rings (SSSR count). The van der Waals surface area contributed by atoms with Crippen LogP contribution in [0.5, 0.6) is 0 Å². The molecule has 0 bridgehead atoms. The Morgan fingerprint density at radius 2 is 1.79 bits per heavy atom. The molecule has 9 heteroatoms. The first-order chi connectivity index (χ1) is 16.4. The number of ketones is 1. The number of nitrogens with one attached hydrogen (secondary N) is 2. The van der Waals surface area contributed by atoms with Gasteiger partial charge in [-0.3, -0.25) is 4.79 Å². The van der Waals surface area contributed by atoms with Crippen LogP contribution in [0, 0.1) is 13.8 Å². The van der Waals surface area contributed by atoms with Gasteiger partial charge in [0.05, 0.1) is 11.3 Å². The SMILES string of the molecule is Cc1noc(-c2cc3cc(-c4nc(C(=O)CCc5ccc(C(=O)O)cc5)[nH]c4C)ccc3[nH]2)n1. The monoisotopic (exact) mass is 455 g/mol. The maximum absolute atomic E-state index is 12.7. The van der Waals surface area contributed by atoms with Crippen molar-refractivity contribution in [3.05, 3.63) is 77.0 Å². The molecule has 0 aliphatic carbocycles. The van der Waals surface area contributed by atoms with Crippen LogP contribution in [-0.4, -0.2) is 42.0 Å². The first-order valence-electron chi connectivity index (χ1n) is 10.7. The number of aromatic amines is 2. The number of aromatic nitrogens is 5. The number of imidazole rings is 1. The molecule has 0 radical (unpaired) electrons. The van der Waals surface area contributed by atoms with E-state index in [4.69, 9.17) is 9.63 Å². The van der Waals surface area contributed by atoms with E-state index in [-0.39, 0.29) is 17.8 Å². The number of carbonyl (C=O) groups is 2. The highest BCUT2D eigenvalue weighted by Gasteiger charge is 2.17. The average molecular weight is 455 g/mol. The van der Waals surface area contributed by atoms with Crippen molar-refractivity contribution in [1.82, 2.24) is 25.1 Å². The van der Waals surface area contributed by atoms with E-state index in [1.165, 1.54) is 0 Å². The number of carboxylic acids is 1. The lowest BCUT2D eigenvalue weighted by molar-refractivity contribution is 0.0696. The van der Waals surface area contributed by atoms with Gasteiger partial charge in [0.25, 0.3) is 5.89 Å². The maximum Gasteiger partial charge on any atom is 0.335 e. The Morgan fingerprint density at radius 3 is 2.50 bits per heavy atom. The van der Waals surface area contributed by atoms with Crippen LogP contribution in [0.3, 0.4) is 0 Å². The fourth-order valence-electron chi connectivity index (χ4n) is 3.87. The van der Waals surface area contributed by atoms with Gasteiger partial charge in [0.1, 0.15) is 5.69 Å².